The highest BCUT2D eigenvalue weighted by atomic mass is 35.5. The second kappa shape index (κ2) is 7.84. The normalized spacial score (nSPS) is 21.3. The lowest BCUT2D eigenvalue weighted by molar-refractivity contribution is -0.136. The molecule has 0 unspecified atom stereocenters. The molecule has 1 aromatic heterocycles. The number of nitrogens with two attached hydrogens (primary N) is 1. The SMILES string of the molecule is Cc1noc(C)c1S(=O)(=O)N1CCCN(C(=O)C2(N)CCCC2)CC1.Cl. The molecule has 10 heteroatoms. The highest BCUT2D eigenvalue weighted by Gasteiger charge is 2.41. The average molecular weight is 407 g/mol. The van der Waals surface area contributed by atoms with Crippen LogP contribution < -0.4 is 5.73 Å². The molecule has 2 aliphatic rings. The summed E-state index contributed by atoms with van der Waals surface area (Å²) in [6, 6.07) is 0. The zero-order chi connectivity index (χ0) is 18.2. The second-order valence-corrected chi connectivity index (χ2v) is 8.94. The fourth-order valence-electron chi connectivity index (χ4n) is 3.84. The van der Waals surface area contributed by atoms with Crippen molar-refractivity contribution in [1.82, 2.24) is 14.4 Å². The number of rotatable bonds is 3. The summed E-state index contributed by atoms with van der Waals surface area (Å²) in [7, 11) is -3.68. The molecule has 0 atom stereocenters. The van der Waals surface area contributed by atoms with E-state index in [4.69, 9.17) is 10.3 Å². The third kappa shape index (κ3) is 3.76. The first-order valence-electron chi connectivity index (χ1n) is 8.77. The van der Waals surface area contributed by atoms with Crippen LogP contribution in [0.5, 0.6) is 0 Å². The first-order chi connectivity index (χ1) is 11.8. The minimum Gasteiger partial charge on any atom is -0.360 e. The molecule has 148 valence electrons. The smallest absolute Gasteiger partial charge is 0.248 e. The van der Waals surface area contributed by atoms with E-state index in [1.807, 2.05) is 0 Å². The first-order valence-corrected chi connectivity index (χ1v) is 10.2. The van der Waals surface area contributed by atoms with Gasteiger partial charge >= 0.3 is 0 Å². The number of halogens is 1. The van der Waals surface area contributed by atoms with Crippen LogP contribution in [0.25, 0.3) is 0 Å². The zero-order valence-electron chi connectivity index (χ0n) is 15.2. The Morgan fingerprint density at radius 3 is 2.35 bits per heavy atom. The van der Waals surface area contributed by atoms with Gasteiger partial charge in [0, 0.05) is 26.2 Å². The maximum atomic E-state index is 12.9. The Morgan fingerprint density at radius 2 is 1.77 bits per heavy atom. The molecular formula is C16H27ClN4O4S. The Labute approximate surface area is 160 Å². The van der Waals surface area contributed by atoms with Crippen molar-refractivity contribution in [2.24, 2.45) is 5.73 Å². The summed E-state index contributed by atoms with van der Waals surface area (Å²) in [5.74, 6) is 0.253. The molecule has 0 spiro atoms. The summed E-state index contributed by atoms with van der Waals surface area (Å²) in [4.78, 5) is 14.6. The van der Waals surface area contributed by atoms with Crippen molar-refractivity contribution in [3.8, 4) is 0 Å². The van der Waals surface area contributed by atoms with Gasteiger partial charge in [0.1, 0.15) is 10.6 Å². The van der Waals surface area contributed by atoms with Gasteiger partial charge in [-0.2, -0.15) is 4.31 Å². The van der Waals surface area contributed by atoms with Crippen LogP contribution in [-0.4, -0.2) is 60.4 Å². The lowest BCUT2D eigenvalue weighted by atomic mass is 9.97. The van der Waals surface area contributed by atoms with Gasteiger partial charge in [0.15, 0.2) is 5.76 Å². The van der Waals surface area contributed by atoms with E-state index in [0.29, 0.717) is 50.4 Å². The molecule has 26 heavy (non-hydrogen) atoms. The maximum Gasteiger partial charge on any atom is 0.248 e. The summed E-state index contributed by atoms with van der Waals surface area (Å²) >= 11 is 0. The predicted molar refractivity (Wildman–Crippen MR) is 98.6 cm³/mol. The van der Waals surface area contributed by atoms with Crippen LogP contribution in [0.4, 0.5) is 0 Å². The minimum atomic E-state index is -3.68. The zero-order valence-corrected chi connectivity index (χ0v) is 16.9. The number of sulfonamides is 1. The Hall–Kier alpha value is -1.16. The molecule has 0 radical (unpaired) electrons. The molecule has 0 aromatic carbocycles. The molecule has 2 fully saturated rings. The molecule has 1 aliphatic carbocycles. The van der Waals surface area contributed by atoms with E-state index >= 15 is 0 Å². The Balaban J connectivity index is 0.00000243. The number of carbonyl (C=O) groups is 1. The van der Waals surface area contributed by atoms with Crippen LogP contribution in [0.1, 0.15) is 43.6 Å². The molecule has 1 saturated carbocycles. The fraction of sp³-hybridized carbons (Fsp3) is 0.750. The number of hydrogen-bond acceptors (Lipinski definition) is 6. The van der Waals surface area contributed by atoms with Crippen LogP contribution in [0.15, 0.2) is 9.42 Å². The van der Waals surface area contributed by atoms with Gasteiger partial charge in [-0.05, 0) is 33.1 Å². The van der Waals surface area contributed by atoms with E-state index in [1.165, 1.54) is 4.31 Å². The van der Waals surface area contributed by atoms with Gasteiger partial charge in [-0.25, -0.2) is 8.42 Å². The van der Waals surface area contributed by atoms with Gasteiger partial charge < -0.3 is 15.2 Å². The number of aromatic nitrogens is 1. The summed E-state index contributed by atoms with van der Waals surface area (Å²) in [6.45, 7) is 4.74. The van der Waals surface area contributed by atoms with Gasteiger partial charge in [-0.15, -0.1) is 12.4 Å². The molecule has 1 saturated heterocycles. The van der Waals surface area contributed by atoms with Crippen LogP contribution in [-0.2, 0) is 14.8 Å². The van der Waals surface area contributed by atoms with Crippen molar-refractivity contribution >= 4 is 28.3 Å². The monoisotopic (exact) mass is 406 g/mol. The van der Waals surface area contributed by atoms with Crippen LogP contribution in [0, 0.1) is 13.8 Å². The maximum absolute atomic E-state index is 12.9. The second-order valence-electron chi connectivity index (χ2n) is 7.07. The summed E-state index contributed by atoms with van der Waals surface area (Å²) in [5, 5.41) is 3.74. The molecule has 0 bridgehead atoms. The summed E-state index contributed by atoms with van der Waals surface area (Å²) in [5.41, 5.74) is 5.87. The van der Waals surface area contributed by atoms with E-state index in [1.54, 1.807) is 18.7 Å². The van der Waals surface area contributed by atoms with E-state index in [2.05, 4.69) is 5.16 Å². The fourth-order valence-corrected chi connectivity index (χ4v) is 5.60. The van der Waals surface area contributed by atoms with Crippen molar-refractivity contribution in [2.45, 2.75) is 56.4 Å². The topological polar surface area (TPSA) is 110 Å². The van der Waals surface area contributed by atoms with Crippen LogP contribution in [0.3, 0.4) is 0 Å². The lowest BCUT2D eigenvalue weighted by Crippen LogP contribution is -2.54. The Kier molecular flexibility index (Phi) is 6.37. The van der Waals surface area contributed by atoms with Gasteiger partial charge in [-0.1, -0.05) is 18.0 Å². The van der Waals surface area contributed by atoms with Crippen LogP contribution >= 0.6 is 12.4 Å². The highest BCUT2D eigenvalue weighted by Crippen LogP contribution is 2.30. The molecule has 2 heterocycles. The van der Waals surface area contributed by atoms with Crippen molar-refractivity contribution in [3.05, 3.63) is 11.5 Å². The quantitative estimate of drug-likeness (QED) is 0.807. The standard InChI is InChI=1S/C16H26N4O4S.ClH/c1-12-14(13(2)24-18-12)25(22,23)20-9-5-8-19(10-11-20)15(21)16(17)6-3-4-7-16;/h3-11,17H2,1-2H3;1H. The number of carbonyl (C=O) groups excluding carboxylic acids is 1. The van der Waals surface area contributed by atoms with E-state index in [0.717, 1.165) is 12.8 Å². The first kappa shape index (κ1) is 21.1. The molecule has 1 aliphatic heterocycles. The summed E-state index contributed by atoms with van der Waals surface area (Å²) in [6.07, 6.45) is 3.96. The number of nitrogens with zero attached hydrogens (tertiary/aromatic N) is 3. The predicted octanol–water partition coefficient (Wildman–Crippen LogP) is 1.21. The molecular weight excluding hydrogens is 380 g/mol. The molecule has 3 rings (SSSR count). The average Bonchev–Trinajstić information content (AvgIpc) is 3.04. The van der Waals surface area contributed by atoms with Crippen molar-refractivity contribution < 1.29 is 17.7 Å². The van der Waals surface area contributed by atoms with Gasteiger partial charge in [0.05, 0.1) is 5.54 Å². The van der Waals surface area contributed by atoms with E-state index < -0.39 is 15.6 Å². The van der Waals surface area contributed by atoms with Crippen LogP contribution in [0.2, 0.25) is 0 Å². The van der Waals surface area contributed by atoms with E-state index in [-0.39, 0.29) is 29.8 Å². The minimum absolute atomic E-state index is 0. The van der Waals surface area contributed by atoms with Gasteiger partial charge in [-0.3, -0.25) is 4.79 Å². The van der Waals surface area contributed by atoms with Crippen molar-refractivity contribution in [3.63, 3.8) is 0 Å². The number of amides is 1. The summed E-state index contributed by atoms with van der Waals surface area (Å²) < 4.78 is 32.3. The third-order valence-corrected chi connectivity index (χ3v) is 7.37. The van der Waals surface area contributed by atoms with Crippen molar-refractivity contribution in [1.29, 1.82) is 0 Å². The molecule has 2 N–H and O–H groups in total. The molecule has 8 nitrogen and oxygen atoms in total. The highest BCUT2D eigenvalue weighted by molar-refractivity contribution is 7.89. The Morgan fingerprint density at radius 1 is 1.12 bits per heavy atom. The van der Waals surface area contributed by atoms with Gasteiger partial charge in [0.2, 0.25) is 15.9 Å². The van der Waals surface area contributed by atoms with Gasteiger partial charge in [0.25, 0.3) is 0 Å². The number of aryl methyl sites for hydroxylation is 2. The molecule has 1 amide bonds. The van der Waals surface area contributed by atoms with E-state index in [9.17, 15) is 13.2 Å². The largest absolute Gasteiger partial charge is 0.360 e. The van der Waals surface area contributed by atoms with Crippen molar-refractivity contribution in [2.75, 3.05) is 26.2 Å². The lowest BCUT2D eigenvalue weighted by Gasteiger charge is -2.30. The number of hydrogen-bond donors (Lipinski definition) is 1. The third-order valence-electron chi connectivity index (χ3n) is 5.23. The Bertz CT molecular complexity index is 739. The molecule has 1 aromatic rings.